The lowest BCUT2D eigenvalue weighted by atomic mass is 9.86. The molecule has 0 bridgehead atoms. The van der Waals surface area contributed by atoms with Gasteiger partial charge in [-0.05, 0) is 58.5 Å². The number of ether oxygens (including phenoxy) is 1. The van der Waals surface area contributed by atoms with Gasteiger partial charge in [-0.2, -0.15) is 0 Å². The summed E-state index contributed by atoms with van der Waals surface area (Å²) < 4.78 is 6.06. The zero-order valence-electron chi connectivity index (χ0n) is 13.8. The van der Waals surface area contributed by atoms with Crippen LogP contribution in [0.3, 0.4) is 0 Å². The molecule has 20 heavy (non-hydrogen) atoms. The van der Waals surface area contributed by atoms with Gasteiger partial charge in [0.05, 0.1) is 6.10 Å². The highest BCUT2D eigenvalue weighted by atomic mass is 16.5. The topological polar surface area (TPSA) is 12.5 Å². The quantitative estimate of drug-likeness (QED) is 0.631. The van der Waals surface area contributed by atoms with Crippen LogP contribution in [0.25, 0.3) is 0 Å². The van der Waals surface area contributed by atoms with E-state index >= 15 is 0 Å². The smallest absolute Gasteiger partial charge is 0.0561 e. The van der Waals surface area contributed by atoms with E-state index in [4.69, 9.17) is 4.74 Å². The molecule has 0 N–H and O–H groups in total. The predicted molar refractivity (Wildman–Crippen MR) is 86.1 cm³/mol. The minimum atomic E-state index is 0.437. The number of nitrogens with zero attached hydrogens (tertiary/aromatic N) is 1. The van der Waals surface area contributed by atoms with Crippen molar-refractivity contribution in [3.63, 3.8) is 0 Å². The Morgan fingerprint density at radius 3 is 2.55 bits per heavy atom. The molecule has 1 saturated heterocycles. The molecule has 0 radical (unpaired) electrons. The lowest BCUT2D eigenvalue weighted by Gasteiger charge is -2.34. The summed E-state index contributed by atoms with van der Waals surface area (Å²) in [7, 11) is 2.28. The maximum atomic E-state index is 6.06. The molecule has 1 saturated carbocycles. The summed E-state index contributed by atoms with van der Waals surface area (Å²) >= 11 is 0. The van der Waals surface area contributed by atoms with Crippen LogP contribution in [-0.4, -0.2) is 37.2 Å². The van der Waals surface area contributed by atoms with E-state index in [0.717, 1.165) is 18.6 Å². The van der Waals surface area contributed by atoms with Gasteiger partial charge in [0, 0.05) is 12.6 Å². The van der Waals surface area contributed by atoms with Crippen molar-refractivity contribution >= 4 is 0 Å². The highest BCUT2D eigenvalue weighted by Gasteiger charge is 2.21. The van der Waals surface area contributed by atoms with Crippen LogP contribution in [0.15, 0.2) is 0 Å². The van der Waals surface area contributed by atoms with E-state index in [0.29, 0.717) is 6.10 Å². The van der Waals surface area contributed by atoms with E-state index in [1.165, 1.54) is 77.2 Å². The summed E-state index contributed by atoms with van der Waals surface area (Å²) in [4.78, 5) is 2.53. The van der Waals surface area contributed by atoms with Gasteiger partial charge in [0.2, 0.25) is 0 Å². The second kappa shape index (κ2) is 9.04. The zero-order chi connectivity index (χ0) is 14.2. The van der Waals surface area contributed by atoms with Gasteiger partial charge in [0.25, 0.3) is 0 Å². The third kappa shape index (κ3) is 5.73. The van der Waals surface area contributed by atoms with Gasteiger partial charge in [-0.25, -0.2) is 0 Å². The highest BCUT2D eigenvalue weighted by Crippen LogP contribution is 2.27. The van der Waals surface area contributed by atoms with Crippen LogP contribution in [0.4, 0.5) is 0 Å². The Morgan fingerprint density at radius 1 is 1.05 bits per heavy atom. The fraction of sp³-hybridized carbons (Fsp3) is 1.00. The van der Waals surface area contributed by atoms with Crippen LogP contribution in [0.2, 0.25) is 0 Å². The molecule has 2 fully saturated rings. The van der Waals surface area contributed by atoms with Crippen molar-refractivity contribution in [1.29, 1.82) is 0 Å². The van der Waals surface area contributed by atoms with Crippen molar-refractivity contribution in [3.05, 3.63) is 0 Å². The maximum absolute atomic E-state index is 6.06. The Kier molecular flexibility index (Phi) is 7.37. The molecule has 2 rings (SSSR count). The van der Waals surface area contributed by atoms with Crippen molar-refractivity contribution in [3.8, 4) is 0 Å². The molecule has 1 aliphatic heterocycles. The molecular weight excluding hydrogens is 246 g/mol. The van der Waals surface area contributed by atoms with Gasteiger partial charge in [-0.1, -0.05) is 38.5 Å². The summed E-state index contributed by atoms with van der Waals surface area (Å²) in [6, 6.07) is 0.761. The predicted octanol–water partition coefficient (Wildman–Crippen LogP) is 4.63. The van der Waals surface area contributed by atoms with Gasteiger partial charge in [0.1, 0.15) is 0 Å². The minimum absolute atomic E-state index is 0.437. The number of hydrogen-bond donors (Lipinski definition) is 0. The molecule has 2 aliphatic rings. The molecule has 2 nitrogen and oxygen atoms in total. The van der Waals surface area contributed by atoms with Gasteiger partial charge < -0.3 is 9.64 Å². The molecule has 0 spiro atoms. The van der Waals surface area contributed by atoms with Crippen molar-refractivity contribution in [1.82, 2.24) is 4.90 Å². The van der Waals surface area contributed by atoms with Gasteiger partial charge in [0.15, 0.2) is 0 Å². The largest absolute Gasteiger partial charge is 0.378 e. The summed E-state index contributed by atoms with van der Waals surface area (Å²) in [5.74, 6) is 1.01. The lowest BCUT2D eigenvalue weighted by molar-refractivity contribution is 0.0289. The van der Waals surface area contributed by atoms with Crippen molar-refractivity contribution in [2.75, 3.05) is 20.2 Å². The van der Waals surface area contributed by atoms with Crippen molar-refractivity contribution in [2.24, 2.45) is 5.92 Å². The number of piperidine rings is 1. The Hall–Kier alpha value is -0.0800. The molecule has 1 aliphatic carbocycles. The van der Waals surface area contributed by atoms with Gasteiger partial charge in [-0.3, -0.25) is 0 Å². The fourth-order valence-electron chi connectivity index (χ4n) is 4.03. The van der Waals surface area contributed by atoms with Crippen LogP contribution >= 0.6 is 0 Å². The van der Waals surface area contributed by atoms with E-state index < -0.39 is 0 Å². The molecule has 1 heterocycles. The van der Waals surface area contributed by atoms with Gasteiger partial charge in [-0.15, -0.1) is 0 Å². The Balaban J connectivity index is 1.52. The average Bonchev–Trinajstić information content (AvgIpc) is 2.47. The summed E-state index contributed by atoms with van der Waals surface area (Å²) in [6.45, 7) is 4.52. The zero-order valence-corrected chi connectivity index (χ0v) is 13.8. The number of hydrogen-bond acceptors (Lipinski definition) is 2. The second-order valence-corrected chi connectivity index (χ2v) is 7.19. The SMILES string of the molecule is CC(CC1CCCCN1C)OCCCC1CCCCC1. The lowest BCUT2D eigenvalue weighted by Crippen LogP contribution is -2.38. The number of rotatable bonds is 7. The van der Waals surface area contributed by atoms with Crippen LogP contribution in [-0.2, 0) is 4.74 Å². The van der Waals surface area contributed by atoms with Crippen LogP contribution in [0, 0.1) is 5.92 Å². The number of likely N-dealkylation sites (tertiary alicyclic amines) is 1. The molecule has 2 heteroatoms. The molecule has 0 amide bonds. The van der Waals surface area contributed by atoms with Crippen molar-refractivity contribution < 1.29 is 4.74 Å². The summed E-state index contributed by atoms with van der Waals surface area (Å²) in [5, 5.41) is 0. The van der Waals surface area contributed by atoms with E-state index in [2.05, 4.69) is 18.9 Å². The first-order valence-electron chi connectivity index (χ1n) is 9.07. The van der Waals surface area contributed by atoms with E-state index in [1.54, 1.807) is 0 Å². The molecule has 0 aromatic heterocycles. The van der Waals surface area contributed by atoms with E-state index in [9.17, 15) is 0 Å². The molecular formula is C18H35NO. The van der Waals surface area contributed by atoms with Gasteiger partial charge >= 0.3 is 0 Å². The van der Waals surface area contributed by atoms with E-state index in [-0.39, 0.29) is 0 Å². The Labute approximate surface area is 126 Å². The van der Waals surface area contributed by atoms with Crippen molar-refractivity contribution in [2.45, 2.75) is 89.7 Å². The molecule has 2 unspecified atom stereocenters. The van der Waals surface area contributed by atoms with Crippen LogP contribution in [0.1, 0.15) is 77.6 Å². The maximum Gasteiger partial charge on any atom is 0.0561 e. The summed E-state index contributed by atoms with van der Waals surface area (Å²) in [6.07, 6.45) is 15.8. The standard InChI is InChI=1S/C18H35NO/c1-16(15-18-12-6-7-13-19(18)2)20-14-8-11-17-9-4-3-5-10-17/h16-18H,3-15H2,1-2H3. The third-order valence-electron chi connectivity index (χ3n) is 5.41. The third-order valence-corrected chi connectivity index (χ3v) is 5.41. The minimum Gasteiger partial charge on any atom is -0.378 e. The second-order valence-electron chi connectivity index (χ2n) is 7.19. The average molecular weight is 281 g/mol. The Bertz CT molecular complexity index is 250. The normalized spacial score (nSPS) is 27.6. The fourth-order valence-corrected chi connectivity index (χ4v) is 4.03. The highest BCUT2D eigenvalue weighted by molar-refractivity contribution is 4.76. The van der Waals surface area contributed by atoms with E-state index in [1.807, 2.05) is 0 Å². The molecule has 0 aromatic rings. The first-order chi connectivity index (χ1) is 9.75. The first-order valence-corrected chi connectivity index (χ1v) is 9.07. The molecule has 2 atom stereocenters. The van der Waals surface area contributed by atoms with Crippen LogP contribution < -0.4 is 0 Å². The monoisotopic (exact) mass is 281 g/mol. The summed E-state index contributed by atoms with van der Waals surface area (Å²) in [5.41, 5.74) is 0. The molecule has 118 valence electrons. The molecule has 0 aromatic carbocycles. The first kappa shape index (κ1) is 16.3. The Morgan fingerprint density at radius 2 is 1.80 bits per heavy atom. The van der Waals surface area contributed by atoms with Crippen LogP contribution in [0.5, 0.6) is 0 Å².